The summed E-state index contributed by atoms with van der Waals surface area (Å²) in [6.45, 7) is 0.497. The summed E-state index contributed by atoms with van der Waals surface area (Å²) in [6.07, 6.45) is 2.53. The molecular formula is C19H18N6OS. The monoisotopic (exact) mass is 378 g/mol. The minimum Gasteiger partial charge on any atom is -0.272 e. The van der Waals surface area contributed by atoms with Crippen LogP contribution in [0.3, 0.4) is 0 Å². The Bertz CT molecular complexity index is 884. The molecule has 0 N–H and O–H groups in total. The predicted octanol–water partition coefficient (Wildman–Crippen LogP) is 3.88. The van der Waals surface area contributed by atoms with E-state index >= 15 is 0 Å². The maximum absolute atomic E-state index is 12.7. The van der Waals surface area contributed by atoms with Crippen molar-refractivity contribution in [3.05, 3.63) is 66.2 Å². The van der Waals surface area contributed by atoms with Gasteiger partial charge in [0.1, 0.15) is 5.04 Å². The molecule has 0 spiro atoms. The minimum atomic E-state index is -0.0425. The Morgan fingerprint density at radius 1 is 1.07 bits per heavy atom. The lowest BCUT2D eigenvalue weighted by atomic mass is 10.0. The molecule has 1 atom stereocenters. The molecule has 2 aromatic rings. The zero-order valence-corrected chi connectivity index (χ0v) is 15.4. The molecule has 0 bridgehead atoms. The van der Waals surface area contributed by atoms with Crippen molar-refractivity contribution in [2.24, 2.45) is 20.6 Å². The number of nitrogens with zero attached hydrogens (tertiary/aromatic N) is 6. The van der Waals surface area contributed by atoms with Crippen LogP contribution >= 0.6 is 11.8 Å². The number of rotatable bonds is 4. The molecule has 2 aromatic carbocycles. The Hall–Kier alpha value is -3.00. The fourth-order valence-electron chi connectivity index (χ4n) is 2.94. The summed E-state index contributed by atoms with van der Waals surface area (Å²) in [4.78, 5) is 12.7. The van der Waals surface area contributed by atoms with Crippen molar-refractivity contribution in [3.8, 4) is 0 Å². The van der Waals surface area contributed by atoms with Gasteiger partial charge in [0.05, 0.1) is 24.0 Å². The molecule has 27 heavy (non-hydrogen) atoms. The summed E-state index contributed by atoms with van der Waals surface area (Å²) in [5.74, 6) is 0.219. The highest BCUT2D eigenvalue weighted by Crippen LogP contribution is 2.29. The Kier molecular flexibility index (Phi) is 5.24. The second kappa shape index (κ2) is 8.13. The van der Waals surface area contributed by atoms with E-state index in [0.29, 0.717) is 6.54 Å². The van der Waals surface area contributed by atoms with Gasteiger partial charge in [-0.1, -0.05) is 60.3 Å². The van der Waals surface area contributed by atoms with Crippen LogP contribution in [0.4, 0.5) is 5.69 Å². The molecule has 2 heterocycles. The number of hydrogen-bond donors (Lipinski definition) is 0. The van der Waals surface area contributed by atoms with E-state index in [4.69, 9.17) is 0 Å². The van der Waals surface area contributed by atoms with Gasteiger partial charge in [0, 0.05) is 12.6 Å². The highest BCUT2D eigenvalue weighted by molar-refractivity contribution is 8.14. The molecule has 0 aromatic heterocycles. The summed E-state index contributed by atoms with van der Waals surface area (Å²) in [5, 5.41) is 20.3. The number of thioether (sulfide) groups is 1. The van der Waals surface area contributed by atoms with E-state index in [-0.39, 0.29) is 17.7 Å². The molecule has 4 rings (SSSR count). The van der Waals surface area contributed by atoms with Crippen molar-refractivity contribution < 1.29 is 4.79 Å². The summed E-state index contributed by atoms with van der Waals surface area (Å²) in [5.41, 5.74) is 2.03. The summed E-state index contributed by atoms with van der Waals surface area (Å²) in [6, 6.07) is 19.7. The number of anilines is 1. The van der Waals surface area contributed by atoms with Crippen LogP contribution in [-0.4, -0.2) is 34.5 Å². The normalized spacial score (nSPS) is 18.7. The number of amides is 1. The van der Waals surface area contributed by atoms with E-state index < -0.39 is 0 Å². The van der Waals surface area contributed by atoms with Gasteiger partial charge in [-0.05, 0) is 28.1 Å². The molecule has 0 saturated heterocycles. The van der Waals surface area contributed by atoms with E-state index in [1.807, 2.05) is 60.7 Å². The van der Waals surface area contributed by atoms with Crippen LogP contribution in [0.15, 0.2) is 81.3 Å². The van der Waals surface area contributed by atoms with Crippen LogP contribution in [0.5, 0.6) is 0 Å². The minimum absolute atomic E-state index is 0.0342. The second-order valence-corrected chi connectivity index (χ2v) is 7.10. The summed E-state index contributed by atoms with van der Waals surface area (Å²) < 4.78 is 0. The van der Waals surface area contributed by atoms with Crippen LogP contribution in [0, 0.1) is 0 Å². The largest absolute Gasteiger partial charge is 0.272 e. The van der Waals surface area contributed by atoms with Crippen molar-refractivity contribution in [2.45, 2.75) is 12.5 Å². The number of carbonyl (C=O) groups excluding carboxylic acids is 1. The lowest BCUT2D eigenvalue weighted by molar-refractivity contribution is -0.130. The van der Waals surface area contributed by atoms with Gasteiger partial charge in [-0.3, -0.25) is 4.79 Å². The Balaban J connectivity index is 1.36. The maximum Gasteiger partial charge on any atom is 0.253 e. The maximum atomic E-state index is 12.7. The Labute approximate surface area is 161 Å². The smallest absolute Gasteiger partial charge is 0.253 e. The first-order valence-electron chi connectivity index (χ1n) is 8.63. The molecule has 0 fully saturated rings. The lowest BCUT2D eigenvalue weighted by Crippen LogP contribution is -2.30. The van der Waals surface area contributed by atoms with E-state index in [0.717, 1.165) is 22.7 Å². The summed E-state index contributed by atoms with van der Waals surface area (Å²) in [7, 11) is 0. The van der Waals surface area contributed by atoms with Gasteiger partial charge in [0.2, 0.25) is 0 Å². The number of para-hydroxylation sites is 1. The lowest BCUT2D eigenvalue weighted by Gasteiger charge is -2.23. The number of carbonyl (C=O) groups is 1. The first-order valence-corrected chi connectivity index (χ1v) is 9.62. The average molecular weight is 378 g/mol. The van der Waals surface area contributed by atoms with Gasteiger partial charge in [-0.2, -0.15) is 5.10 Å². The van der Waals surface area contributed by atoms with Crippen molar-refractivity contribution in [2.75, 3.05) is 17.3 Å². The van der Waals surface area contributed by atoms with Gasteiger partial charge in [0.25, 0.3) is 5.91 Å². The molecule has 1 unspecified atom stereocenters. The third kappa shape index (κ3) is 4.06. The first-order chi connectivity index (χ1) is 13.3. The van der Waals surface area contributed by atoms with E-state index in [9.17, 15) is 4.79 Å². The zero-order chi connectivity index (χ0) is 18.5. The van der Waals surface area contributed by atoms with Gasteiger partial charge in [-0.25, -0.2) is 10.0 Å². The standard InChI is InChI=1S/C19H18N6OS/c26-19(25-17(11-12-20-25)15-7-3-1-4-8-15)14-27-18-13-24(23-22-21-18)16-9-5-2-6-10-16/h1-10,12,17H,11,13-14H2. The molecule has 7 nitrogen and oxygen atoms in total. The topological polar surface area (TPSA) is 73.0 Å². The van der Waals surface area contributed by atoms with Gasteiger partial charge < -0.3 is 0 Å². The number of benzene rings is 2. The SMILES string of the molecule is O=C(CSC1=NN=NN(c2ccccc2)C1)N1N=CCC1c1ccccc1. The van der Waals surface area contributed by atoms with Crippen molar-refractivity contribution >= 4 is 34.6 Å². The van der Waals surface area contributed by atoms with Gasteiger partial charge in [0.15, 0.2) is 0 Å². The zero-order valence-electron chi connectivity index (χ0n) is 14.5. The fraction of sp³-hybridized carbons (Fsp3) is 0.211. The molecule has 2 aliphatic rings. The fourth-order valence-corrected chi connectivity index (χ4v) is 3.67. The van der Waals surface area contributed by atoms with Crippen LogP contribution in [0.1, 0.15) is 18.0 Å². The third-order valence-corrected chi connectivity index (χ3v) is 5.21. The van der Waals surface area contributed by atoms with E-state index in [2.05, 4.69) is 20.6 Å². The van der Waals surface area contributed by atoms with Crippen LogP contribution in [0.2, 0.25) is 0 Å². The van der Waals surface area contributed by atoms with Gasteiger partial charge in [-0.15, -0.1) is 5.10 Å². The predicted molar refractivity (Wildman–Crippen MR) is 108 cm³/mol. The average Bonchev–Trinajstić information content (AvgIpc) is 3.24. The molecular weight excluding hydrogens is 360 g/mol. The van der Waals surface area contributed by atoms with Crippen LogP contribution < -0.4 is 5.01 Å². The third-order valence-electron chi connectivity index (χ3n) is 4.28. The Morgan fingerprint density at radius 2 is 1.81 bits per heavy atom. The summed E-state index contributed by atoms with van der Waals surface area (Å²) >= 11 is 1.38. The van der Waals surface area contributed by atoms with Crippen molar-refractivity contribution in [1.29, 1.82) is 0 Å². The molecule has 2 aliphatic heterocycles. The van der Waals surface area contributed by atoms with Crippen LogP contribution in [-0.2, 0) is 4.79 Å². The first kappa shape index (κ1) is 17.4. The number of hydrazone groups is 1. The van der Waals surface area contributed by atoms with E-state index in [1.165, 1.54) is 11.8 Å². The van der Waals surface area contributed by atoms with Crippen LogP contribution in [0.25, 0.3) is 0 Å². The highest BCUT2D eigenvalue weighted by Gasteiger charge is 2.28. The van der Waals surface area contributed by atoms with E-state index in [1.54, 1.807) is 16.2 Å². The second-order valence-electron chi connectivity index (χ2n) is 6.05. The number of hydrogen-bond acceptors (Lipinski definition) is 7. The molecule has 0 aliphatic carbocycles. The molecule has 1 amide bonds. The molecule has 8 heteroatoms. The van der Waals surface area contributed by atoms with Crippen molar-refractivity contribution in [1.82, 2.24) is 5.01 Å². The molecule has 0 saturated carbocycles. The highest BCUT2D eigenvalue weighted by atomic mass is 32.2. The quantitative estimate of drug-likeness (QED) is 0.810. The van der Waals surface area contributed by atoms with Gasteiger partial charge >= 0.3 is 0 Å². The molecule has 0 radical (unpaired) electrons. The van der Waals surface area contributed by atoms with Crippen molar-refractivity contribution in [3.63, 3.8) is 0 Å². The molecule has 136 valence electrons. The Morgan fingerprint density at radius 3 is 2.59 bits per heavy atom.